The molecule has 0 spiro atoms. The number of benzene rings is 1. The minimum absolute atomic E-state index is 0.0910. The molecule has 2 saturated heterocycles. The monoisotopic (exact) mass is 392 g/mol. The van der Waals surface area contributed by atoms with Crippen molar-refractivity contribution in [3.05, 3.63) is 24.0 Å². The molecule has 0 atom stereocenters. The molecule has 1 N–H and O–H groups in total. The maximum absolute atomic E-state index is 14.5. The van der Waals surface area contributed by atoms with Crippen molar-refractivity contribution in [2.24, 2.45) is 5.41 Å². The number of morpholine rings is 1. The quantitative estimate of drug-likeness (QED) is 0.839. The Labute approximate surface area is 165 Å². The van der Waals surface area contributed by atoms with Crippen LogP contribution in [0.25, 0.3) is 0 Å². The van der Waals surface area contributed by atoms with Gasteiger partial charge in [-0.2, -0.15) is 0 Å². The van der Waals surface area contributed by atoms with E-state index in [1.807, 2.05) is 25.7 Å². The lowest BCUT2D eigenvalue weighted by atomic mass is 9.94. The number of urea groups is 1. The van der Waals surface area contributed by atoms with Gasteiger partial charge in [-0.3, -0.25) is 4.79 Å². The van der Waals surface area contributed by atoms with Gasteiger partial charge in [-0.05, 0) is 18.2 Å². The van der Waals surface area contributed by atoms with Gasteiger partial charge in [0.2, 0.25) is 5.91 Å². The first-order valence-corrected chi connectivity index (χ1v) is 9.73. The number of hydrogen-bond donors (Lipinski definition) is 1. The SMILES string of the molecule is CC(C)(C)C(=O)N1CCN(C(=O)Nc2ccc(N3CCOCC3)c(F)c2)CC1. The minimum Gasteiger partial charge on any atom is -0.378 e. The van der Waals surface area contributed by atoms with Crippen molar-refractivity contribution in [2.75, 3.05) is 62.7 Å². The van der Waals surface area contributed by atoms with Gasteiger partial charge in [0.1, 0.15) is 5.82 Å². The summed E-state index contributed by atoms with van der Waals surface area (Å²) in [5.74, 6) is -0.270. The molecule has 0 saturated carbocycles. The van der Waals surface area contributed by atoms with Crippen LogP contribution in [-0.2, 0) is 9.53 Å². The van der Waals surface area contributed by atoms with Crippen molar-refractivity contribution in [1.82, 2.24) is 9.80 Å². The fourth-order valence-electron chi connectivity index (χ4n) is 3.43. The van der Waals surface area contributed by atoms with Gasteiger partial charge in [0.15, 0.2) is 0 Å². The molecule has 28 heavy (non-hydrogen) atoms. The summed E-state index contributed by atoms with van der Waals surface area (Å²) >= 11 is 0. The molecule has 0 aromatic heterocycles. The predicted molar refractivity (Wildman–Crippen MR) is 106 cm³/mol. The molecule has 1 aromatic carbocycles. The second-order valence-corrected chi connectivity index (χ2v) is 8.23. The van der Waals surface area contributed by atoms with Gasteiger partial charge in [-0.15, -0.1) is 0 Å². The third kappa shape index (κ3) is 4.73. The van der Waals surface area contributed by atoms with Crippen LogP contribution in [0.2, 0.25) is 0 Å². The van der Waals surface area contributed by atoms with Gasteiger partial charge in [-0.1, -0.05) is 20.8 Å². The van der Waals surface area contributed by atoms with Crippen molar-refractivity contribution < 1.29 is 18.7 Å². The van der Waals surface area contributed by atoms with Crippen LogP contribution in [0.5, 0.6) is 0 Å². The molecule has 8 heteroatoms. The van der Waals surface area contributed by atoms with Crippen molar-refractivity contribution in [3.8, 4) is 0 Å². The van der Waals surface area contributed by atoms with E-state index in [0.29, 0.717) is 63.9 Å². The zero-order valence-electron chi connectivity index (χ0n) is 16.8. The molecule has 0 unspecified atom stereocenters. The first kappa shape index (κ1) is 20.4. The van der Waals surface area contributed by atoms with Crippen molar-refractivity contribution in [3.63, 3.8) is 0 Å². The maximum Gasteiger partial charge on any atom is 0.321 e. The van der Waals surface area contributed by atoms with E-state index in [4.69, 9.17) is 4.74 Å². The highest BCUT2D eigenvalue weighted by Gasteiger charge is 2.30. The Bertz CT molecular complexity index is 721. The van der Waals surface area contributed by atoms with Crippen LogP contribution in [0.4, 0.5) is 20.6 Å². The molecular weight excluding hydrogens is 363 g/mol. The Kier molecular flexibility index (Phi) is 6.07. The minimum atomic E-state index is -0.426. The molecule has 3 rings (SSSR count). The molecular formula is C20H29FN4O3. The fourth-order valence-corrected chi connectivity index (χ4v) is 3.43. The summed E-state index contributed by atoms with van der Waals surface area (Å²) in [4.78, 5) is 30.2. The number of amides is 3. The third-order valence-corrected chi connectivity index (χ3v) is 5.05. The summed E-state index contributed by atoms with van der Waals surface area (Å²) in [6.07, 6.45) is 0. The normalized spacial score (nSPS) is 18.2. The average Bonchev–Trinajstić information content (AvgIpc) is 2.67. The van der Waals surface area contributed by atoms with Gasteiger partial charge in [0, 0.05) is 50.4 Å². The summed E-state index contributed by atoms with van der Waals surface area (Å²) < 4.78 is 19.8. The zero-order valence-corrected chi connectivity index (χ0v) is 16.8. The second-order valence-electron chi connectivity index (χ2n) is 8.23. The number of nitrogens with zero attached hydrogens (tertiary/aromatic N) is 3. The van der Waals surface area contributed by atoms with Crippen molar-refractivity contribution in [1.29, 1.82) is 0 Å². The van der Waals surface area contributed by atoms with E-state index in [9.17, 15) is 14.0 Å². The molecule has 2 aliphatic heterocycles. The number of carbonyl (C=O) groups excluding carboxylic acids is 2. The highest BCUT2D eigenvalue weighted by molar-refractivity contribution is 5.90. The standard InChI is InChI=1S/C20H29FN4O3/c1-20(2,3)18(26)24-6-8-25(9-7-24)19(27)22-15-4-5-17(16(21)14-15)23-10-12-28-13-11-23/h4-5,14H,6-13H2,1-3H3,(H,22,27). The number of rotatable bonds is 2. The zero-order chi connectivity index (χ0) is 20.3. The van der Waals surface area contributed by atoms with E-state index in [-0.39, 0.29) is 17.8 Å². The van der Waals surface area contributed by atoms with Crippen LogP contribution in [0.3, 0.4) is 0 Å². The Balaban J connectivity index is 1.55. The van der Waals surface area contributed by atoms with Crippen LogP contribution in [0.15, 0.2) is 18.2 Å². The first-order chi connectivity index (χ1) is 13.3. The van der Waals surface area contributed by atoms with E-state index < -0.39 is 5.41 Å². The number of anilines is 2. The largest absolute Gasteiger partial charge is 0.378 e. The number of hydrogen-bond acceptors (Lipinski definition) is 4. The molecule has 2 heterocycles. The van der Waals surface area contributed by atoms with Crippen LogP contribution < -0.4 is 10.2 Å². The highest BCUT2D eigenvalue weighted by Crippen LogP contribution is 2.24. The summed E-state index contributed by atoms with van der Waals surface area (Å²) in [6, 6.07) is 4.48. The molecule has 2 aliphatic rings. The van der Waals surface area contributed by atoms with E-state index in [1.165, 1.54) is 6.07 Å². The van der Waals surface area contributed by atoms with E-state index >= 15 is 0 Å². The number of nitrogens with one attached hydrogen (secondary N) is 1. The van der Waals surface area contributed by atoms with Crippen LogP contribution >= 0.6 is 0 Å². The topological polar surface area (TPSA) is 65.1 Å². The van der Waals surface area contributed by atoms with Gasteiger partial charge in [0.25, 0.3) is 0 Å². The number of ether oxygens (including phenoxy) is 1. The number of halogens is 1. The van der Waals surface area contributed by atoms with Crippen LogP contribution in [0, 0.1) is 11.2 Å². The van der Waals surface area contributed by atoms with Gasteiger partial charge >= 0.3 is 6.03 Å². The summed E-state index contributed by atoms with van der Waals surface area (Å²) in [5, 5.41) is 2.76. The Morgan fingerprint density at radius 1 is 1.00 bits per heavy atom. The summed E-state index contributed by atoms with van der Waals surface area (Å²) in [5.41, 5.74) is 0.521. The second kappa shape index (κ2) is 8.34. The predicted octanol–water partition coefficient (Wildman–Crippen LogP) is 2.38. The van der Waals surface area contributed by atoms with Gasteiger partial charge in [-0.25, -0.2) is 9.18 Å². The molecule has 0 aliphatic carbocycles. The molecule has 1 aromatic rings. The molecule has 0 bridgehead atoms. The fraction of sp³-hybridized carbons (Fsp3) is 0.600. The van der Waals surface area contributed by atoms with Crippen molar-refractivity contribution in [2.45, 2.75) is 20.8 Å². The lowest BCUT2D eigenvalue weighted by Gasteiger charge is -2.37. The van der Waals surface area contributed by atoms with Gasteiger partial charge in [0.05, 0.1) is 18.9 Å². The Hall–Kier alpha value is -2.35. The van der Waals surface area contributed by atoms with Gasteiger partial charge < -0.3 is 24.8 Å². The van der Waals surface area contributed by atoms with E-state index in [0.717, 1.165) is 0 Å². The van der Waals surface area contributed by atoms with Crippen LogP contribution in [-0.4, -0.2) is 74.2 Å². The number of carbonyl (C=O) groups is 2. The summed E-state index contributed by atoms with van der Waals surface area (Å²) in [6.45, 7) is 10.1. The van der Waals surface area contributed by atoms with E-state index in [1.54, 1.807) is 21.9 Å². The Morgan fingerprint density at radius 3 is 2.18 bits per heavy atom. The molecule has 3 amide bonds. The number of piperazine rings is 1. The molecule has 0 radical (unpaired) electrons. The summed E-state index contributed by atoms with van der Waals surface area (Å²) in [7, 11) is 0. The highest BCUT2D eigenvalue weighted by atomic mass is 19.1. The molecule has 154 valence electrons. The Morgan fingerprint density at radius 2 is 1.61 bits per heavy atom. The molecule has 7 nitrogen and oxygen atoms in total. The average molecular weight is 392 g/mol. The lowest BCUT2D eigenvalue weighted by Crippen LogP contribution is -2.53. The van der Waals surface area contributed by atoms with Crippen LogP contribution in [0.1, 0.15) is 20.8 Å². The lowest BCUT2D eigenvalue weighted by molar-refractivity contribution is -0.140. The van der Waals surface area contributed by atoms with Crippen molar-refractivity contribution >= 4 is 23.3 Å². The first-order valence-electron chi connectivity index (χ1n) is 9.73. The smallest absolute Gasteiger partial charge is 0.321 e. The molecule has 2 fully saturated rings. The third-order valence-electron chi connectivity index (χ3n) is 5.05. The van der Waals surface area contributed by atoms with E-state index in [2.05, 4.69) is 5.32 Å². The maximum atomic E-state index is 14.5.